The van der Waals surface area contributed by atoms with Gasteiger partial charge in [0.05, 0.1) is 19.9 Å². The normalized spacial score (nSPS) is 11.6. The van der Waals surface area contributed by atoms with Crippen molar-refractivity contribution in [2.24, 2.45) is 5.10 Å². The highest BCUT2D eigenvalue weighted by Crippen LogP contribution is 2.25. The zero-order chi connectivity index (χ0) is 23.0. The van der Waals surface area contributed by atoms with Crippen LogP contribution in [0.5, 0.6) is 11.5 Å². The molecule has 0 amide bonds. The number of nitrogens with zero attached hydrogens (tertiary/aromatic N) is 3. The highest BCUT2D eigenvalue weighted by Gasteiger charge is 2.11. The van der Waals surface area contributed by atoms with Gasteiger partial charge in [-0.25, -0.2) is 4.98 Å². The fourth-order valence-corrected chi connectivity index (χ4v) is 3.79. The van der Waals surface area contributed by atoms with Gasteiger partial charge in [0.25, 0.3) is 5.56 Å². The molecule has 2 aromatic heterocycles. The Morgan fingerprint density at radius 2 is 1.79 bits per heavy atom. The van der Waals surface area contributed by atoms with Crippen LogP contribution in [-0.4, -0.2) is 34.6 Å². The molecule has 33 heavy (non-hydrogen) atoms. The third-order valence-electron chi connectivity index (χ3n) is 5.67. The van der Waals surface area contributed by atoms with E-state index < -0.39 is 0 Å². The first-order chi connectivity index (χ1) is 16.2. The number of methoxy groups -OCH3 is 1. The molecule has 2 aromatic carbocycles. The van der Waals surface area contributed by atoms with Crippen LogP contribution in [0.3, 0.4) is 0 Å². The molecule has 4 aromatic rings. The van der Waals surface area contributed by atoms with Gasteiger partial charge in [0.2, 0.25) is 0 Å². The van der Waals surface area contributed by atoms with Crippen LogP contribution in [0.2, 0.25) is 0 Å². The number of ether oxygens (including phenoxy) is 2. The Morgan fingerprint density at radius 3 is 2.58 bits per heavy atom. The lowest BCUT2D eigenvalue weighted by Gasteiger charge is -2.06. The molecule has 7 nitrogen and oxygen atoms in total. The average molecular weight is 447 g/mol. The van der Waals surface area contributed by atoms with E-state index in [1.165, 1.54) is 43.1 Å². The molecule has 0 fully saturated rings. The number of H-pyrrole nitrogens is 1. The molecule has 4 rings (SSSR count). The average Bonchev–Trinajstić information content (AvgIpc) is 3.22. The second kappa shape index (κ2) is 10.8. The summed E-state index contributed by atoms with van der Waals surface area (Å²) in [6, 6.07) is 13.3. The highest BCUT2D eigenvalue weighted by atomic mass is 16.5. The van der Waals surface area contributed by atoms with Gasteiger partial charge in [0, 0.05) is 10.9 Å². The predicted molar refractivity (Wildman–Crippen MR) is 133 cm³/mol. The molecule has 0 saturated carbocycles. The minimum atomic E-state index is -0.259. The summed E-state index contributed by atoms with van der Waals surface area (Å²) < 4.78 is 12.3. The van der Waals surface area contributed by atoms with E-state index in [1.807, 2.05) is 42.5 Å². The molecule has 0 spiro atoms. The molecule has 1 N–H and O–H groups in total. The maximum Gasteiger partial charge on any atom is 0.298 e. The topological polar surface area (TPSA) is 81.5 Å². The lowest BCUT2D eigenvalue weighted by atomic mass is 10.1. The number of rotatable bonds is 11. The Morgan fingerprint density at radius 1 is 1.03 bits per heavy atom. The van der Waals surface area contributed by atoms with Crippen molar-refractivity contribution in [1.82, 2.24) is 14.6 Å². The van der Waals surface area contributed by atoms with E-state index >= 15 is 0 Å². The maximum atomic E-state index is 12.9. The summed E-state index contributed by atoms with van der Waals surface area (Å²) in [7, 11) is 1.61. The van der Waals surface area contributed by atoms with Crippen LogP contribution in [0.4, 0.5) is 0 Å². The zero-order valence-corrected chi connectivity index (χ0v) is 19.2. The van der Waals surface area contributed by atoms with Crippen LogP contribution >= 0.6 is 0 Å². The fraction of sp³-hybridized carbons (Fsp3) is 0.346. The Balaban J connectivity index is 1.40. The van der Waals surface area contributed by atoms with Crippen molar-refractivity contribution in [2.75, 3.05) is 13.7 Å². The Bertz CT molecular complexity index is 1290. The zero-order valence-electron chi connectivity index (χ0n) is 19.2. The molecule has 7 heteroatoms. The van der Waals surface area contributed by atoms with Gasteiger partial charge in [-0.05, 0) is 54.4 Å². The van der Waals surface area contributed by atoms with Crippen molar-refractivity contribution in [3.05, 3.63) is 64.7 Å². The Kier molecular flexibility index (Phi) is 7.40. The molecule has 0 unspecified atom stereocenters. The van der Waals surface area contributed by atoms with Crippen molar-refractivity contribution < 1.29 is 9.47 Å². The summed E-state index contributed by atoms with van der Waals surface area (Å²) in [5, 5.41) is 5.14. The van der Waals surface area contributed by atoms with Gasteiger partial charge in [-0.15, -0.1) is 0 Å². The third kappa shape index (κ3) is 5.42. The quantitative estimate of drug-likeness (QED) is 0.243. The van der Waals surface area contributed by atoms with E-state index in [1.54, 1.807) is 13.3 Å². The number of hydrogen-bond donors (Lipinski definition) is 1. The van der Waals surface area contributed by atoms with Crippen molar-refractivity contribution in [3.8, 4) is 11.5 Å². The van der Waals surface area contributed by atoms with Crippen molar-refractivity contribution in [2.45, 2.75) is 45.4 Å². The molecule has 0 atom stereocenters. The van der Waals surface area contributed by atoms with Crippen LogP contribution in [0, 0.1) is 0 Å². The monoisotopic (exact) mass is 446 g/mol. The number of fused-ring (bicyclic) bond motifs is 3. The Hall–Kier alpha value is -3.61. The smallest absolute Gasteiger partial charge is 0.298 e. The van der Waals surface area contributed by atoms with Gasteiger partial charge >= 0.3 is 0 Å². The van der Waals surface area contributed by atoms with E-state index in [-0.39, 0.29) is 5.56 Å². The number of aromatic amines is 1. The van der Waals surface area contributed by atoms with E-state index in [0.717, 1.165) is 35.2 Å². The van der Waals surface area contributed by atoms with E-state index in [0.29, 0.717) is 16.8 Å². The summed E-state index contributed by atoms with van der Waals surface area (Å²) in [6.07, 6.45) is 10.5. The number of aromatic nitrogens is 3. The van der Waals surface area contributed by atoms with Gasteiger partial charge < -0.3 is 14.5 Å². The summed E-state index contributed by atoms with van der Waals surface area (Å²) in [5.74, 6) is 1.56. The molecule has 172 valence electrons. The second-order valence-electron chi connectivity index (χ2n) is 8.08. The molecular weight excluding hydrogens is 416 g/mol. The molecule has 2 heterocycles. The van der Waals surface area contributed by atoms with Crippen molar-refractivity contribution >= 4 is 28.2 Å². The maximum absolute atomic E-state index is 12.9. The van der Waals surface area contributed by atoms with Crippen molar-refractivity contribution in [3.63, 3.8) is 0 Å². The van der Waals surface area contributed by atoms with Crippen LogP contribution in [0.1, 0.15) is 51.0 Å². The molecule has 0 aliphatic rings. The van der Waals surface area contributed by atoms with Crippen molar-refractivity contribution in [1.29, 1.82) is 0 Å². The molecule has 0 saturated heterocycles. The van der Waals surface area contributed by atoms with Gasteiger partial charge in [-0.1, -0.05) is 39.0 Å². The molecule has 0 aliphatic heterocycles. The van der Waals surface area contributed by atoms with Gasteiger partial charge in [-0.2, -0.15) is 9.78 Å². The van der Waals surface area contributed by atoms with E-state index in [4.69, 9.17) is 9.47 Å². The summed E-state index contributed by atoms with van der Waals surface area (Å²) in [5.41, 5.74) is 2.46. The van der Waals surface area contributed by atoms with Gasteiger partial charge in [0.15, 0.2) is 0 Å². The Labute approximate surface area is 193 Å². The lowest BCUT2D eigenvalue weighted by molar-refractivity contribution is 0.304. The van der Waals surface area contributed by atoms with Crippen LogP contribution in [-0.2, 0) is 0 Å². The lowest BCUT2D eigenvalue weighted by Crippen LogP contribution is -2.17. The fourth-order valence-electron chi connectivity index (χ4n) is 3.79. The molecule has 0 bridgehead atoms. The van der Waals surface area contributed by atoms with Gasteiger partial charge in [-0.3, -0.25) is 4.79 Å². The first kappa shape index (κ1) is 22.6. The number of nitrogens with one attached hydrogen (secondary N) is 1. The summed E-state index contributed by atoms with van der Waals surface area (Å²) in [6.45, 7) is 2.96. The summed E-state index contributed by atoms with van der Waals surface area (Å²) in [4.78, 5) is 20.5. The first-order valence-electron chi connectivity index (χ1n) is 11.5. The number of benzene rings is 2. The number of unbranched alkanes of at least 4 members (excludes halogenated alkanes) is 5. The second-order valence-corrected chi connectivity index (χ2v) is 8.08. The minimum Gasteiger partial charge on any atom is -0.497 e. The SMILES string of the molecule is CCCCCCCCOc1ccc(/C=N\n2cnc3c([nH]c4ccc(OC)cc43)c2=O)cc1. The molecule has 0 radical (unpaired) electrons. The molecular formula is C26H30N4O3. The van der Waals surface area contributed by atoms with Crippen LogP contribution in [0.25, 0.3) is 21.9 Å². The number of hydrogen-bond acceptors (Lipinski definition) is 5. The third-order valence-corrected chi connectivity index (χ3v) is 5.67. The van der Waals surface area contributed by atoms with Gasteiger partial charge in [0.1, 0.15) is 28.9 Å². The first-order valence-corrected chi connectivity index (χ1v) is 11.5. The standard InChI is InChI=1S/C26H30N4O3/c1-3-4-5-6-7-8-15-33-20-11-9-19(10-12-20)17-28-30-18-27-24-22-16-21(32-2)13-14-23(22)29-25(24)26(30)31/h9-14,16-18,29H,3-8,15H2,1-2H3/b28-17-. The largest absolute Gasteiger partial charge is 0.497 e. The van der Waals surface area contributed by atoms with Crippen LogP contribution < -0.4 is 15.0 Å². The predicted octanol–water partition coefficient (Wildman–Crippen LogP) is 5.51. The van der Waals surface area contributed by atoms with E-state index in [2.05, 4.69) is 22.0 Å². The van der Waals surface area contributed by atoms with E-state index in [9.17, 15) is 4.79 Å². The highest BCUT2D eigenvalue weighted by molar-refractivity contribution is 6.04. The molecule has 0 aliphatic carbocycles. The van der Waals surface area contributed by atoms with Crippen LogP contribution in [0.15, 0.2) is 58.7 Å². The minimum absolute atomic E-state index is 0.259. The summed E-state index contributed by atoms with van der Waals surface area (Å²) >= 11 is 0.